The number of hydrogen-bond donors (Lipinski definition) is 1. The van der Waals surface area contributed by atoms with Crippen molar-refractivity contribution in [3.05, 3.63) is 90.0 Å². The minimum atomic E-state index is -4.11. The van der Waals surface area contributed by atoms with E-state index in [4.69, 9.17) is 4.74 Å². The number of sulfonamides is 1. The van der Waals surface area contributed by atoms with E-state index in [-0.39, 0.29) is 17.3 Å². The van der Waals surface area contributed by atoms with Crippen molar-refractivity contribution in [1.29, 1.82) is 0 Å². The number of rotatable bonds is 13. The number of benzene rings is 3. The number of aryl methyl sites for hydroxylation is 1. The average molecular weight is 552 g/mol. The molecule has 9 heteroatoms. The van der Waals surface area contributed by atoms with Gasteiger partial charge in [-0.2, -0.15) is 0 Å². The van der Waals surface area contributed by atoms with Gasteiger partial charge in [0.15, 0.2) is 0 Å². The first-order chi connectivity index (χ1) is 18.7. The highest BCUT2D eigenvalue weighted by Gasteiger charge is 2.33. The Morgan fingerprint density at radius 1 is 0.923 bits per heavy atom. The molecule has 1 atom stereocenters. The molecule has 1 N–H and O–H groups in total. The van der Waals surface area contributed by atoms with Gasteiger partial charge in [0.2, 0.25) is 11.8 Å². The molecule has 208 valence electrons. The SMILES string of the molecule is CCCNC(=O)C(CC)N(Cc1ccccc1C)C(=O)CN(c1ccc(OC)cc1)S(=O)(=O)c1ccccc1. The summed E-state index contributed by atoms with van der Waals surface area (Å²) in [6, 6.07) is 21.4. The van der Waals surface area contributed by atoms with Crippen LogP contribution in [-0.2, 0) is 26.2 Å². The second kappa shape index (κ2) is 13.8. The number of amides is 2. The molecule has 39 heavy (non-hydrogen) atoms. The number of nitrogens with zero attached hydrogens (tertiary/aromatic N) is 2. The maximum atomic E-state index is 14.0. The summed E-state index contributed by atoms with van der Waals surface area (Å²) in [6.07, 6.45) is 1.13. The van der Waals surface area contributed by atoms with Crippen LogP contribution in [0.1, 0.15) is 37.8 Å². The molecule has 0 aliphatic heterocycles. The molecule has 2 amide bonds. The molecule has 3 aromatic rings. The number of hydrogen-bond acceptors (Lipinski definition) is 5. The van der Waals surface area contributed by atoms with Crippen molar-refractivity contribution < 1.29 is 22.7 Å². The molecule has 0 aliphatic rings. The van der Waals surface area contributed by atoms with Crippen LogP contribution in [0.2, 0.25) is 0 Å². The number of anilines is 1. The first-order valence-corrected chi connectivity index (χ1v) is 14.5. The van der Waals surface area contributed by atoms with E-state index in [0.717, 1.165) is 21.9 Å². The smallest absolute Gasteiger partial charge is 0.264 e. The first kappa shape index (κ1) is 29.7. The number of nitrogens with one attached hydrogen (secondary N) is 1. The standard InChI is InChI=1S/C30H37N3O5S/c1-5-20-31-30(35)28(6-2)32(21-24-13-11-10-12-23(24)3)29(34)22-33(25-16-18-26(38-4)19-17-25)39(36,37)27-14-8-7-9-15-27/h7-19,28H,5-6,20-22H2,1-4H3,(H,31,35). The minimum absolute atomic E-state index is 0.0619. The molecule has 0 spiro atoms. The van der Waals surface area contributed by atoms with Crippen LogP contribution in [0.3, 0.4) is 0 Å². The zero-order valence-electron chi connectivity index (χ0n) is 23.0. The van der Waals surface area contributed by atoms with E-state index < -0.39 is 28.5 Å². The summed E-state index contributed by atoms with van der Waals surface area (Å²) in [6.45, 7) is 5.93. The third-order valence-electron chi connectivity index (χ3n) is 6.51. The molecule has 0 fully saturated rings. The van der Waals surface area contributed by atoms with Crippen LogP contribution in [0.5, 0.6) is 5.75 Å². The number of carbonyl (C=O) groups is 2. The number of ether oxygens (including phenoxy) is 1. The molecule has 0 aromatic heterocycles. The molecule has 1 unspecified atom stereocenters. The fourth-order valence-electron chi connectivity index (χ4n) is 4.25. The van der Waals surface area contributed by atoms with Crippen molar-refractivity contribution in [3.63, 3.8) is 0 Å². The van der Waals surface area contributed by atoms with Crippen molar-refractivity contribution in [1.82, 2.24) is 10.2 Å². The van der Waals surface area contributed by atoms with Gasteiger partial charge in [0.25, 0.3) is 10.0 Å². The largest absolute Gasteiger partial charge is 0.497 e. The lowest BCUT2D eigenvalue weighted by Crippen LogP contribution is -2.52. The van der Waals surface area contributed by atoms with Crippen LogP contribution in [0, 0.1) is 6.92 Å². The van der Waals surface area contributed by atoms with E-state index in [1.54, 1.807) is 42.5 Å². The topological polar surface area (TPSA) is 96.0 Å². The second-order valence-corrected chi connectivity index (χ2v) is 11.0. The van der Waals surface area contributed by atoms with Gasteiger partial charge in [0.05, 0.1) is 17.7 Å². The fraction of sp³-hybridized carbons (Fsp3) is 0.333. The van der Waals surface area contributed by atoms with Crippen molar-refractivity contribution >= 4 is 27.5 Å². The van der Waals surface area contributed by atoms with Crippen LogP contribution in [0.25, 0.3) is 0 Å². The van der Waals surface area contributed by atoms with Crippen LogP contribution < -0.4 is 14.4 Å². The molecular weight excluding hydrogens is 514 g/mol. The van der Waals surface area contributed by atoms with Crippen molar-refractivity contribution in [2.24, 2.45) is 0 Å². The van der Waals surface area contributed by atoms with Gasteiger partial charge in [-0.25, -0.2) is 8.42 Å². The van der Waals surface area contributed by atoms with E-state index >= 15 is 0 Å². The molecule has 3 aromatic carbocycles. The van der Waals surface area contributed by atoms with Gasteiger partial charge >= 0.3 is 0 Å². The van der Waals surface area contributed by atoms with E-state index in [1.807, 2.05) is 45.0 Å². The van der Waals surface area contributed by atoms with Gasteiger partial charge in [0.1, 0.15) is 18.3 Å². The maximum absolute atomic E-state index is 14.0. The number of carbonyl (C=O) groups excluding carboxylic acids is 2. The summed E-state index contributed by atoms with van der Waals surface area (Å²) in [4.78, 5) is 28.7. The summed E-state index contributed by atoms with van der Waals surface area (Å²) < 4.78 is 34.0. The molecule has 0 aliphatic carbocycles. The summed E-state index contributed by atoms with van der Waals surface area (Å²) in [7, 11) is -2.58. The normalized spacial score (nSPS) is 11.9. The Balaban J connectivity index is 2.05. The summed E-state index contributed by atoms with van der Waals surface area (Å²) in [5.74, 6) is -0.183. The fourth-order valence-corrected chi connectivity index (χ4v) is 5.69. The predicted molar refractivity (Wildman–Crippen MR) is 153 cm³/mol. The van der Waals surface area contributed by atoms with Gasteiger partial charge in [-0.05, 0) is 67.3 Å². The highest BCUT2D eigenvalue weighted by Crippen LogP contribution is 2.27. The van der Waals surface area contributed by atoms with Crippen LogP contribution >= 0.6 is 0 Å². The van der Waals surface area contributed by atoms with E-state index in [9.17, 15) is 18.0 Å². The highest BCUT2D eigenvalue weighted by atomic mass is 32.2. The molecule has 3 rings (SSSR count). The predicted octanol–water partition coefficient (Wildman–Crippen LogP) is 4.53. The lowest BCUT2D eigenvalue weighted by molar-refractivity contribution is -0.140. The minimum Gasteiger partial charge on any atom is -0.497 e. The summed E-state index contributed by atoms with van der Waals surface area (Å²) >= 11 is 0. The lowest BCUT2D eigenvalue weighted by atomic mass is 10.1. The summed E-state index contributed by atoms with van der Waals surface area (Å²) in [5, 5.41) is 2.89. The Morgan fingerprint density at radius 3 is 2.15 bits per heavy atom. The Morgan fingerprint density at radius 2 is 1.56 bits per heavy atom. The van der Waals surface area contributed by atoms with Gasteiger partial charge in [-0.1, -0.05) is 56.3 Å². The Kier molecular flexibility index (Phi) is 10.5. The van der Waals surface area contributed by atoms with Gasteiger partial charge in [-0.15, -0.1) is 0 Å². The highest BCUT2D eigenvalue weighted by molar-refractivity contribution is 7.92. The Hall–Kier alpha value is -3.85. The van der Waals surface area contributed by atoms with Crippen LogP contribution in [0.4, 0.5) is 5.69 Å². The first-order valence-electron chi connectivity index (χ1n) is 13.1. The van der Waals surface area contributed by atoms with E-state index in [2.05, 4.69) is 5.32 Å². The zero-order chi connectivity index (χ0) is 28.4. The average Bonchev–Trinajstić information content (AvgIpc) is 2.96. The Bertz CT molecular complexity index is 1340. The summed E-state index contributed by atoms with van der Waals surface area (Å²) in [5.41, 5.74) is 2.17. The van der Waals surface area contributed by atoms with Crippen LogP contribution in [-0.4, -0.2) is 51.4 Å². The van der Waals surface area contributed by atoms with Gasteiger partial charge in [0, 0.05) is 13.1 Å². The van der Waals surface area contributed by atoms with E-state index in [1.165, 1.54) is 24.1 Å². The van der Waals surface area contributed by atoms with Crippen molar-refractivity contribution in [2.45, 2.75) is 51.1 Å². The van der Waals surface area contributed by atoms with E-state index in [0.29, 0.717) is 24.4 Å². The van der Waals surface area contributed by atoms with Crippen molar-refractivity contribution in [3.8, 4) is 5.75 Å². The monoisotopic (exact) mass is 551 g/mol. The third-order valence-corrected chi connectivity index (χ3v) is 8.30. The zero-order valence-corrected chi connectivity index (χ0v) is 23.8. The van der Waals surface area contributed by atoms with Crippen LogP contribution in [0.15, 0.2) is 83.8 Å². The van der Waals surface area contributed by atoms with Gasteiger partial charge < -0.3 is 15.0 Å². The lowest BCUT2D eigenvalue weighted by Gasteiger charge is -2.33. The molecule has 0 saturated carbocycles. The quantitative estimate of drug-likeness (QED) is 0.337. The molecule has 0 saturated heterocycles. The Labute approximate surface area is 231 Å². The van der Waals surface area contributed by atoms with Crippen molar-refractivity contribution in [2.75, 3.05) is 24.5 Å². The third kappa shape index (κ3) is 7.38. The second-order valence-electron chi connectivity index (χ2n) is 9.19. The van der Waals surface area contributed by atoms with Gasteiger partial charge in [-0.3, -0.25) is 13.9 Å². The maximum Gasteiger partial charge on any atom is 0.264 e. The molecule has 8 nitrogen and oxygen atoms in total. The molecule has 0 bridgehead atoms. The number of methoxy groups -OCH3 is 1. The molecule has 0 heterocycles. The molecule has 0 radical (unpaired) electrons. The molecular formula is C30H37N3O5S.